The van der Waals surface area contributed by atoms with Gasteiger partial charge >= 0.3 is 0 Å². The molecular weight excluding hydrogens is 418 g/mol. The van der Waals surface area contributed by atoms with E-state index >= 15 is 0 Å². The molecule has 0 aliphatic carbocycles. The first-order valence-electron chi connectivity index (χ1n) is 10.1. The number of furan rings is 1. The molecule has 7 nitrogen and oxygen atoms in total. The molecule has 0 unspecified atom stereocenters. The quantitative estimate of drug-likeness (QED) is 0.384. The van der Waals surface area contributed by atoms with E-state index in [-0.39, 0.29) is 0 Å². The van der Waals surface area contributed by atoms with Gasteiger partial charge in [-0.2, -0.15) is 0 Å². The Morgan fingerprint density at radius 1 is 1.20 bits per heavy atom. The van der Waals surface area contributed by atoms with Crippen LogP contribution >= 0.6 is 23.1 Å². The SMILES string of the molecule is Cc1sc2nc(CN3CCC(C)CC3)nc(Sc3nnc(-c4ccco4)o3)c2c1C. The van der Waals surface area contributed by atoms with Crippen molar-refractivity contribution in [1.29, 1.82) is 0 Å². The highest BCUT2D eigenvalue weighted by atomic mass is 32.2. The number of rotatable bonds is 5. The molecule has 4 aromatic heterocycles. The number of fused-ring (bicyclic) bond motifs is 1. The predicted molar refractivity (Wildman–Crippen MR) is 117 cm³/mol. The molecule has 156 valence electrons. The molecule has 9 heteroatoms. The average molecular weight is 442 g/mol. The molecule has 0 bridgehead atoms. The zero-order valence-corrected chi connectivity index (χ0v) is 18.8. The largest absolute Gasteiger partial charge is 0.459 e. The van der Waals surface area contributed by atoms with Crippen LogP contribution in [0.4, 0.5) is 0 Å². The second-order valence-electron chi connectivity index (χ2n) is 7.82. The van der Waals surface area contributed by atoms with E-state index in [4.69, 9.17) is 18.8 Å². The Morgan fingerprint density at radius 3 is 2.80 bits per heavy atom. The summed E-state index contributed by atoms with van der Waals surface area (Å²) in [6, 6.07) is 3.60. The number of aryl methyl sites for hydroxylation is 2. The smallest absolute Gasteiger partial charge is 0.284 e. The van der Waals surface area contributed by atoms with E-state index in [0.29, 0.717) is 16.9 Å². The highest BCUT2D eigenvalue weighted by Crippen LogP contribution is 2.38. The second kappa shape index (κ2) is 8.13. The van der Waals surface area contributed by atoms with Crippen LogP contribution in [-0.2, 0) is 6.54 Å². The molecule has 5 heterocycles. The minimum atomic E-state index is 0.369. The van der Waals surface area contributed by atoms with Crippen LogP contribution in [0.2, 0.25) is 0 Å². The highest BCUT2D eigenvalue weighted by Gasteiger charge is 2.21. The lowest BCUT2D eigenvalue weighted by Crippen LogP contribution is -2.32. The molecule has 4 aromatic rings. The standard InChI is InChI=1S/C21H23N5O2S2/c1-12-6-8-26(9-7-12)11-16-22-19-17(13(2)14(3)29-19)20(23-16)30-21-25-24-18(28-21)15-5-4-10-27-15/h4-5,10,12H,6-9,11H2,1-3H3. The van der Waals surface area contributed by atoms with Gasteiger partial charge in [0.05, 0.1) is 12.8 Å². The first-order chi connectivity index (χ1) is 14.6. The van der Waals surface area contributed by atoms with Crippen LogP contribution < -0.4 is 0 Å². The van der Waals surface area contributed by atoms with Gasteiger partial charge in [0.2, 0.25) is 0 Å². The number of likely N-dealkylation sites (tertiary alicyclic amines) is 1. The Labute approximate surface area is 182 Å². The molecule has 0 amide bonds. The molecule has 1 fully saturated rings. The molecule has 0 radical (unpaired) electrons. The van der Waals surface area contributed by atoms with Crippen LogP contribution in [0, 0.1) is 19.8 Å². The fourth-order valence-corrected chi connectivity index (χ4v) is 5.64. The molecule has 0 N–H and O–H groups in total. The number of hydrogen-bond acceptors (Lipinski definition) is 9. The molecule has 0 aromatic carbocycles. The Morgan fingerprint density at radius 2 is 2.03 bits per heavy atom. The Hall–Kier alpha value is -2.23. The van der Waals surface area contributed by atoms with Gasteiger partial charge in [0.25, 0.3) is 11.1 Å². The number of piperidine rings is 1. The van der Waals surface area contributed by atoms with Crippen molar-refractivity contribution in [3.8, 4) is 11.7 Å². The van der Waals surface area contributed by atoms with E-state index in [2.05, 4.69) is 35.9 Å². The molecule has 5 rings (SSSR count). The van der Waals surface area contributed by atoms with Crippen molar-refractivity contribution in [2.24, 2.45) is 5.92 Å². The zero-order chi connectivity index (χ0) is 20.7. The van der Waals surface area contributed by atoms with Gasteiger partial charge in [-0.25, -0.2) is 9.97 Å². The Kier molecular flexibility index (Phi) is 5.34. The van der Waals surface area contributed by atoms with Crippen LogP contribution in [0.25, 0.3) is 21.9 Å². The number of aromatic nitrogens is 4. The summed E-state index contributed by atoms with van der Waals surface area (Å²) in [5.74, 6) is 2.59. The van der Waals surface area contributed by atoms with E-state index in [1.165, 1.54) is 35.0 Å². The van der Waals surface area contributed by atoms with Gasteiger partial charge in [0.15, 0.2) is 5.76 Å². The predicted octanol–water partition coefficient (Wildman–Crippen LogP) is 5.33. The monoisotopic (exact) mass is 441 g/mol. The van der Waals surface area contributed by atoms with E-state index in [1.807, 2.05) is 0 Å². The first kappa shape index (κ1) is 19.7. The topological polar surface area (TPSA) is 81.1 Å². The zero-order valence-electron chi connectivity index (χ0n) is 17.2. The van der Waals surface area contributed by atoms with Crippen molar-refractivity contribution in [2.75, 3.05) is 13.1 Å². The Balaban J connectivity index is 1.46. The van der Waals surface area contributed by atoms with Crippen LogP contribution in [0.3, 0.4) is 0 Å². The maximum Gasteiger partial charge on any atom is 0.284 e. The molecule has 1 aliphatic heterocycles. The molecule has 30 heavy (non-hydrogen) atoms. The van der Waals surface area contributed by atoms with Gasteiger partial charge in [-0.05, 0) is 75.2 Å². The van der Waals surface area contributed by atoms with E-state index in [0.717, 1.165) is 46.6 Å². The molecule has 0 saturated carbocycles. The third kappa shape index (κ3) is 3.89. The maximum atomic E-state index is 5.81. The lowest BCUT2D eigenvalue weighted by Gasteiger charge is -2.29. The molecule has 1 saturated heterocycles. The fraction of sp³-hybridized carbons (Fsp3) is 0.429. The third-order valence-corrected chi connectivity index (χ3v) is 7.53. The summed E-state index contributed by atoms with van der Waals surface area (Å²) >= 11 is 3.11. The number of nitrogens with zero attached hydrogens (tertiary/aromatic N) is 5. The second-order valence-corrected chi connectivity index (χ2v) is 9.96. The summed E-state index contributed by atoms with van der Waals surface area (Å²) in [4.78, 5) is 14.5. The lowest BCUT2D eigenvalue weighted by molar-refractivity contribution is 0.181. The van der Waals surface area contributed by atoms with Crippen molar-refractivity contribution in [1.82, 2.24) is 25.1 Å². The number of thiophene rings is 1. The van der Waals surface area contributed by atoms with E-state index < -0.39 is 0 Å². The molecule has 0 spiro atoms. The van der Waals surface area contributed by atoms with Gasteiger partial charge in [-0.15, -0.1) is 21.5 Å². The van der Waals surface area contributed by atoms with Crippen molar-refractivity contribution in [2.45, 2.75) is 50.4 Å². The summed E-state index contributed by atoms with van der Waals surface area (Å²) in [6.07, 6.45) is 4.06. The minimum absolute atomic E-state index is 0.369. The maximum absolute atomic E-state index is 5.81. The summed E-state index contributed by atoms with van der Waals surface area (Å²) in [6.45, 7) is 9.55. The van der Waals surface area contributed by atoms with Gasteiger partial charge in [-0.1, -0.05) is 6.92 Å². The van der Waals surface area contributed by atoms with Crippen molar-refractivity contribution >= 4 is 33.3 Å². The van der Waals surface area contributed by atoms with Crippen LogP contribution in [0.5, 0.6) is 0 Å². The summed E-state index contributed by atoms with van der Waals surface area (Å²) in [5, 5.41) is 10.7. The van der Waals surface area contributed by atoms with Gasteiger partial charge in [0, 0.05) is 10.3 Å². The van der Waals surface area contributed by atoms with Crippen molar-refractivity contribution in [3.05, 3.63) is 34.7 Å². The van der Waals surface area contributed by atoms with Gasteiger partial charge in [-0.3, -0.25) is 4.90 Å². The van der Waals surface area contributed by atoms with E-state index in [1.54, 1.807) is 29.7 Å². The lowest BCUT2D eigenvalue weighted by atomic mass is 9.99. The van der Waals surface area contributed by atoms with Gasteiger partial charge in [0.1, 0.15) is 15.7 Å². The van der Waals surface area contributed by atoms with Gasteiger partial charge < -0.3 is 8.83 Å². The minimum Gasteiger partial charge on any atom is -0.459 e. The van der Waals surface area contributed by atoms with Crippen molar-refractivity contribution in [3.63, 3.8) is 0 Å². The highest BCUT2D eigenvalue weighted by molar-refractivity contribution is 7.99. The molecular formula is C21H23N5O2S2. The van der Waals surface area contributed by atoms with Crippen molar-refractivity contribution < 1.29 is 8.83 Å². The normalized spacial score (nSPS) is 16.0. The van der Waals surface area contributed by atoms with E-state index in [9.17, 15) is 0 Å². The molecule has 0 atom stereocenters. The first-order valence-corrected chi connectivity index (χ1v) is 11.7. The van der Waals surface area contributed by atoms with Crippen LogP contribution in [0.1, 0.15) is 36.0 Å². The number of hydrogen-bond donors (Lipinski definition) is 0. The van der Waals surface area contributed by atoms with Crippen LogP contribution in [-0.4, -0.2) is 38.2 Å². The summed E-state index contributed by atoms with van der Waals surface area (Å²) < 4.78 is 11.2. The van der Waals surface area contributed by atoms with Crippen LogP contribution in [0.15, 0.2) is 37.5 Å². The summed E-state index contributed by atoms with van der Waals surface area (Å²) in [7, 11) is 0. The average Bonchev–Trinajstić information content (AvgIpc) is 3.45. The fourth-order valence-electron chi connectivity index (χ4n) is 3.65. The Bertz CT molecular complexity index is 1160. The summed E-state index contributed by atoms with van der Waals surface area (Å²) in [5.41, 5.74) is 1.21. The molecule has 1 aliphatic rings. The third-order valence-electron chi connectivity index (χ3n) is 5.61.